The van der Waals surface area contributed by atoms with E-state index in [1.54, 1.807) is 0 Å². The van der Waals surface area contributed by atoms with Crippen molar-refractivity contribution in [2.24, 2.45) is 22.7 Å². The molecule has 1 heterocycles. The van der Waals surface area contributed by atoms with E-state index in [1.807, 2.05) is 6.07 Å². The fourth-order valence-electron chi connectivity index (χ4n) is 7.82. The number of aromatic carboxylic acids is 1. The van der Waals surface area contributed by atoms with E-state index >= 15 is 0 Å². The molecule has 4 nitrogen and oxygen atoms in total. The van der Waals surface area contributed by atoms with Crippen LogP contribution in [0.5, 0.6) is 11.5 Å². The lowest BCUT2D eigenvalue weighted by Gasteiger charge is -2.50. The second-order valence-corrected chi connectivity index (χ2v) is 9.97. The van der Waals surface area contributed by atoms with E-state index in [0.29, 0.717) is 23.8 Å². The number of phenols is 1. The minimum Gasteiger partial charge on any atom is -0.507 e. The van der Waals surface area contributed by atoms with Gasteiger partial charge in [0.15, 0.2) is 0 Å². The Labute approximate surface area is 160 Å². The van der Waals surface area contributed by atoms with Crippen molar-refractivity contribution in [1.82, 2.24) is 0 Å². The molecule has 3 aliphatic carbocycles. The Balaban J connectivity index is 1.68. The number of aryl methyl sites for hydroxylation is 1. The summed E-state index contributed by atoms with van der Waals surface area (Å²) in [4.78, 5) is 12.0. The molecule has 3 fully saturated rings. The van der Waals surface area contributed by atoms with Gasteiger partial charge >= 0.3 is 5.97 Å². The molecule has 27 heavy (non-hydrogen) atoms. The summed E-state index contributed by atoms with van der Waals surface area (Å²) in [7, 11) is 0. The number of carboxylic acid groups (broad SMARTS) is 1. The first kappa shape index (κ1) is 17.4. The van der Waals surface area contributed by atoms with E-state index in [0.717, 1.165) is 37.0 Å². The average molecular weight is 370 g/mol. The molecule has 5 rings (SSSR count). The molecule has 6 atom stereocenters. The van der Waals surface area contributed by atoms with Gasteiger partial charge in [0.25, 0.3) is 0 Å². The first-order valence-corrected chi connectivity index (χ1v) is 10.5. The molecule has 3 saturated carbocycles. The molecule has 0 saturated heterocycles. The van der Waals surface area contributed by atoms with Gasteiger partial charge in [0.1, 0.15) is 22.7 Å². The molecule has 4 aliphatic rings. The second-order valence-electron chi connectivity index (χ2n) is 9.97. The van der Waals surface area contributed by atoms with Crippen molar-refractivity contribution in [3.8, 4) is 11.5 Å². The highest BCUT2D eigenvalue weighted by molar-refractivity contribution is 5.94. The Bertz CT molecular complexity index is 860. The lowest BCUT2D eigenvalue weighted by atomic mass is 9.57. The van der Waals surface area contributed by atoms with E-state index in [1.165, 1.54) is 6.42 Å². The van der Waals surface area contributed by atoms with Gasteiger partial charge in [-0.1, -0.05) is 33.6 Å². The topological polar surface area (TPSA) is 66.8 Å². The zero-order valence-electron chi connectivity index (χ0n) is 16.8. The summed E-state index contributed by atoms with van der Waals surface area (Å²) in [6, 6.07) is 1.94. The molecule has 1 aliphatic heterocycles. The summed E-state index contributed by atoms with van der Waals surface area (Å²) in [5, 5.41) is 21.0. The fraction of sp³-hybridized carbons (Fsp3) is 0.696. The van der Waals surface area contributed by atoms with Crippen LogP contribution in [0, 0.1) is 22.7 Å². The van der Waals surface area contributed by atoms with Crippen LogP contribution in [0.15, 0.2) is 6.07 Å². The van der Waals surface area contributed by atoms with Crippen LogP contribution in [0.25, 0.3) is 0 Å². The third-order valence-electron chi connectivity index (χ3n) is 8.98. The van der Waals surface area contributed by atoms with Crippen molar-refractivity contribution in [1.29, 1.82) is 0 Å². The van der Waals surface area contributed by atoms with Gasteiger partial charge in [-0.3, -0.25) is 0 Å². The fourth-order valence-corrected chi connectivity index (χ4v) is 7.82. The number of benzene rings is 1. The molecule has 4 heteroatoms. The number of carboxylic acids is 1. The van der Waals surface area contributed by atoms with Gasteiger partial charge in [0.05, 0.1) is 0 Å². The number of unbranched alkanes of at least 4 members (excludes halogenated alkanes) is 2. The summed E-state index contributed by atoms with van der Waals surface area (Å²) in [5.41, 5.74) is 1.68. The number of hydrogen-bond acceptors (Lipinski definition) is 3. The Morgan fingerprint density at radius 3 is 2.67 bits per heavy atom. The van der Waals surface area contributed by atoms with Crippen molar-refractivity contribution in [3.63, 3.8) is 0 Å². The van der Waals surface area contributed by atoms with Gasteiger partial charge in [0, 0.05) is 17.4 Å². The number of ether oxygens (including phenoxy) is 1. The monoisotopic (exact) mass is 370 g/mol. The number of carbonyl (C=O) groups is 1. The largest absolute Gasteiger partial charge is 0.507 e. The first-order valence-electron chi connectivity index (χ1n) is 10.5. The van der Waals surface area contributed by atoms with E-state index < -0.39 is 5.97 Å². The molecule has 0 bridgehead atoms. The highest BCUT2D eigenvalue weighted by atomic mass is 16.5. The maximum atomic E-state index is 12.0. The van der Waals surface area contributed by atoms with E-state index in [2.05, 4.69) is 27.7 Å². The number of rotatable bonds is 5. The SMILES string of the molecule is CCCCCc1cc2c(c(O)c1C(=O)O)[C@H]1C3(C)C4CC[C@@](C)(O2)[C@H]4C13C. The zero-order valence-corrected chi connectivity index (χ0v) is 16.8. The smallest absolute Gasteiger partial charge is 0.339 e. The van der Waals surface area contributed by atoms with Crippen LogP contribution in [0.2, 0.25) is 0 Å². The molecule has 0 amide bonds. The second kappa shape index (κ2) is 5.01. The highest BCUT2D eigenvalue weighted by Crippen LogP contribution is 2.95. The Kier molecular flexibility index (Phi) is 3.23. The Morgan fingerprint density at radius 2 is 2.00 bits per heavy atom. The molecule has 0 spiro atoms. The molecule has 2 N–H and O–H groups in total. The van der Waals surface area contributed by atoms with Crippen LogP contribution in [-0.2, 0) is 6.42 Å². The van der Waals surface area contributed by atoms with Crippen molar-refractivity contribution in [3.05, 3.63) is 22.8 Å². The molecule has 0 aromatic heterocycles. The van der Waals surface area contributed by atoms with Crippen LogP contribution in [0.1, 0.15) is 87.2 Å². The predicted octanol–water partition coefficient (Wildman–Crippen LogP) is 5.12. The van der Waals surface area contributed by atoms with Gasteiger partial charge in [-0.05, 0) is 61.0 Å². The molecule has 1 aromatic rings. The Morgan fingerprint density at radius 1 is 1.26 bits per heavy atom. The van der Waals surface area contributed by atoms with Crippen LogP contribution in [-0.4, -0.2) is 21.8 Å². The minimum atomic E-state index is -1.03. The Hall–Kier alpha value is -1.71. The summed E-state index contributed by atoms with van der Waals surface area (Å²) in [6.07, 6.45) is 5.95. The van der Waals surface area contributed by atoms with E-state index in [9.17, 15) is 15.0 Å². The number of hydrogen-bond donors (Lipinski definition) is 2. The lowest BCUT2D eigenvalue weighted by Crippen LogP contribution is -2.52. The third kappa shape index (κ3) is 1.74. The minimum absolute atomic E-state index is 0.0306. The predicted molar refractivity (Wildman–Crippen MR) is 102 cm³/mol. The summed E-state index contributed by atoms with van der Waals surface area (Å²) in [5.74, 6) is 1.03. The van der Waals surface area contributed by atoms with Crippen LogP contribution < -0.4 is 4.74 Å². The van der Waals surface area contributed by atoms with Crippen LogP contribution >= 0.6 is 0 Å². The maximum absolute atomic E-state index is 12.0. The van der Waals surface area contributed by atoms with Gasteiger partial charge in [-0.25, -0.2) is 4.79 Å². The standard InChI is InChI=1S/C23H30O4/c1-5-6-7-8-12-11-14-16(17(24)15(12)20(25)26)19-22(3)13-9-10-21(2,27-14)18(13)23(19,22)4/h11,13,18-19,24H,5-10H2,1-4H3,(H,25,26)/t13?,18-,19-,21+,22?,23?/m0/s1. The van der Waals surface area contributed by atoms with Crippen LogP contribution in [0.4, 0.5) is 0 Å². The molecular weight excluding hydrogens is 340 g/mol. The van der Waals surface area contributed by atoms with Gasteiger partial charge in [0.2, 0.25) is 0 Å². The van der Waals surface area contributed by atoms with E-state index in [-0.39, 0.29) is 33.7 Å². The lowest BCUT2D eigenvalue weighted by molar-refractivity contribution is -0.0778. The summed E-state index contributed by atoms with van der Waals surface area (Å²) in [6.45, 7) is 9.03. The first-order chi connectivity index (χ1) is 12.7. The third-order valence-corrected chi connectivity index (χ3v) is 8.98. The normalized spacial score (nSPS) is 42.4. The summed E-state index contributed by atoms with van der Waals surface area (Å²) < 4.78 is 6.61. The average Bonchev–Trinajstić information content (AvgIpc) is 2.87. The van der Waals surface area contributed by atoms with Crippen molar-refractivity contribution >= 4 is 5.97 Å². The van der Waals surface area contributed by atoms with Crippen LogP contribution in [0.3, 0.4) is 0 Å². The number of aromatic hydroxyl groups is 1. The molecular formula is C23H30O4. The molecule has 146 valence electrons. The summed E-state index contributed by atoms with van der Waals surface area (Å²) >= 11 is 0. The van der Waals surface area contributed by atoms with Crippen molar-refractivity contribution in [2.45, 2.75) is 77.7 Å². The van der Waals surface area contributed by atoms with E-state index in [4.69, 9.17) is 4.74 Å². The highest BCUT2D eigenvalue weighted by Gasteiger charge is 2.91. The molecule has 1 aromatic carbocycles. The zero-order chi connectivity index (χ0) is 19.4. The molecule has 0 radical (unpaired) electrons. The number of fused-ring (bicyclic) bond motifs is 4. The van der Waals surface area contributed by atoms with Gasteiger partial charge in [-0.15, -0.1) is 0 Å². The maximum Gasteiger partial charge on any atom is 0.339 e. The van der Waals surface area contributed by atoms with Crippen molar-refractivity contribution < 1.29 is 19.7 Å². The quantitative estimate of drug-likeness (QED) is 0.706. The van der Waals surface area contributed by atoms with Gasteiger partial charge < -0.3 is 14.9 Å². The van der Waals surface area contributed by atoms with Gasteiger partial charge in [-0.2, -0.15) is 0 Å². The van der Waals surface area contributed by atoms with Crippen molar-refractivity contribution in [2.75, 3.05) is 0 Å². The molecule has 3 unspecified atom stereocenters.